The first-order valence-electron chi connectivity index (χ1n) is 9.17. The van der Waals surface area contributed by atoms with Crippen molar-refractivity contribution in [2.24, 2.45) is 0 Å². The van der Waals surface area contributed by atoms with Crippen molar-refractivity contribution in [2.45, 2.75) is 24.9 Å². The molecule has 4 aromatic rings. The lowest BCUT2D eigenvalue weighted by molar-refractivity contribution is -0.142. The van der Waals surface area contributed by atoms with Crippen LogP contribution in [0.4, 0.5) is 13.2 Å². The molecule has 3 aromatic heterocycles. The molecule has 1 fully saturated rings. The van der Waals surface area contributed by atoms with E-state index in [2.05, 4.69) is 20.3 Å². The van der Waals surface area contributed by atoms with Gasteiger partial charge in [-0.1, -0.05) is 0 Å². The van der Waals surface area contributed by atoms with Gasteiger partial charge >= 0.3 is 6.18 Å². The Kier molecular flexibility index (Phi) is 3.41. The summed E-state index contributed by atoms with van der Waals surface area (Å²) in [7, 11) is 0. The molecule has 0 unspecified atom stereocenters. The standard InChI is InChI=1S/C19H12F3N5O3/c20-19(21,22)15-6-12(9-1-2-9)24-16-11(7-23-27(15)16)18-26-25-17(30-18)10-3-4-13-14(5-10)29-8-28-13/h3-7,9H,1-2,8H2. The van der Waals surface area contributed by atoms with Crippen LogP contribution < -0.4 is 9.47 Å². The average Bonchev–Trinajstić information content (AvgIpc) is 3.12. The van der Waals surface area contributed by atoms with Crippen molar-refractivity contribution in [1.82, 2.24) is 24.8 Å². The number of alkyl halides is 3. The van der Waals surface area contributed by atoms with Gasteiger partial charge in [-0.2, -0.15) is 18.3 Å². The minimum absolute atomic E-state index is 0.0331. The molecule has 0 bridgehead atoms. The largest absolute Gasteiger partial charge is 0.454 e. The first-order valence-corrected chi connectivity index (χ1v) is 9.17. The average molecular weight is 415 g/mol. The second-order valence-corrected chi connectivity index (χ2v) is 7.11. The van der Waals surface area contributed by atoms with Crippen molar-refractivity contribution in [2.75, 3.05) is 6.79 Å². The number of fused-ring (bicyclic) bond motifs is 2. The number of aromatic nitrogens is 5. The minimum Gasteiger partial charge on any atom is -0.454 e. The Bertz CT molecular complexity index is 1290. The molecule has 11 heteroatoms. The molecule has 0 amide bonds. The summed E-state index contributed by atoms with van der Waals surface area (Å²) in [5.41, 5.74) is 0.385. The molecule has 152 valence electrons. The van der Waals surface area contributed by atoms with Gasteiger partial charge in [0.15, 0.2) is 17.1 Å². The number of nitrogens with zero attached hydrogens (tertiary/aromatic N) is 5. The van der Waals surface area contributed by atoms with Gasteiger partial charge in [0.25, 0.3) is 5.89 Å². The van der Waals surface area contributed by atoms with Crippen molar-refractivity contribution in [1.29, 1.82) is 0 Å². The van der Waals surface area contributed by atoms with Crippen LogP contribution in [0.15, 0.2) is 34.9 Å². The highest BCUT2D eigenvalue weighted by atomic mass is 19.4. The SMILES string of the molecule is FC(F)(F)c1cc(C2CC2)nc2c(-c3nnc(-c4ccc5c(c4)OCO5)o3)cnn12. The lowest BCUT2D eigenvalue weighted by Crippen LogP contribution is -2.14. The molecule has 1 aliphatic heterocycles. The Hall–Kier alpha value is -3.63. The van der Waals surface area contributed by atoms with E-state index in [0.29, 0.717) is 22.8 Å². The van der Waals surface area contributed by atoms with Gasteiger partial charge in [-0.15, -0.1) is 10.2 Å². The van der Waals surface area contributed by atoms with Crippen molar-refractivity contribution >= 4 is 5.65 Å². The number of halogens is 3. The zero-order chi connectivity index (χ0) is 20.5. The normalized spacial score (nSPS) is 15.8. The number of ether oxygens (including phenoxy) is 2. The zero-order valence-corrected chi connectivity index (χ0v) is 15.2. The quantitative estimate of drug-likeness (QED) is 0.498. The van der Waals surface area contributed by atoms with E-state index in [4.69, 9.17) is 13.9 Å². The molecule has 6 rings (SSSR count). The number of hydrogen-bond acceptors (Lipinski definition) is 7. The fraction of sp³-hybridized carbons (Fsp3) is 0.263. The molecule has 1 aliphatic carbocycles. The van der Waals surface area contributed by atoms with Gasteiger partial charge in [0, 0.05) is 17.2 Å². The highest BCUT2D eigenvalue weighted by Crippen LogP contribution is 2.42. The lowest BCUT2D eigenvalue weighted by atomic mass is 10.2. The highest BCUT2D eigenvalue weighted by molar-refractivity contribution is 5.72. The maximum absolute atomic E-state index is 13.6. The third-order valence-corrected chi connectivity index (χ3v) is 5.05. The van der Waals surface area contributed by atoms with E-state index in [0.717, 1.165) is 23.4 Å². The van der Waals surface area contributed by atoms with Crippen molar-refractivity contribution < 1.29 is 27.1 Å². The Morgan fingerprint density at radius 3 is 2.60 bits per heavy atom. The minimum atomic E-state index is -4.57. The fourth-order valence-corrected chi connectivity index (χ4v) is 3.40. The van der Waals surface area contributed by atoms with Crippen LogP contribution in [-0.2, 0) is 6.18 Å². The molecule has 8 nitrogen and oxygen atoms in total. The van der Waals surface area contributed by atoms with Crippen LogP contribution in [-0.4, -0.2) is 31.6 Å². The Balaban J connectivity index is 1.45. The van der Waals surface area contributed by atoms with Gasteiger partial charge in [0.2, 0.25) is 12.7 Å². The summed E-state index contributed by atoms with van der Waals surface area (Å²) in [4.78, 5) is 4.41. The second kappa shape index (κ2) is 5.94. The van der Waals surface area contributed by atoms with E-state index in [-0.39, 0.29) is 35.7 Å². The van der Waals surface area contributed by atoms with Crippen LogP contribution in [0.25, 0.3) is 28.6 Å². The van der Waals surface area contributed by atoms with Crippen molar-refractivity contribution in [3.63, 3.8) is 0 Å². The van der Waals surface area contributed by atoms with Crippen LogP contribution in [0.1, 0.15) is 30.1 Å². The summed E-state index contributed by atoms with van der Waals surface area (Å²) in [5.74, 6) is 1.42. The van der Waals surface area contributed by atoms with E-state index < -0.39 is 11.9 Å². The Labute approximate surface area is 166 Å². The van der Waals surface area contributed by atoms with E-state index in [1.807, 2.05) is 0 Å². The molecule has 0 atom stereocenters. The molecule has 4 heterocycles. The molecule has 0 radical (unpaired) electrons. The van der Waals surface area contributed by atoms with Crippen LogP contribution >= 0.6 is 0 Å². The predicted octanol–water partition coefficient (Wildman–Crippen LogP) is 4.07. The predicted molar refractivity (Wildman–Crippen MR) is 94.8 cm³/mol. The molecule has 1 saturated carbocycles. The molecule has 0 N–H and O–H groups in total. The molecule has 0 spiro atoms. The molecule has 1 aromatic carbocycles. The lowest BCUT2D eigenvalue weighted by Gasteiger charge is -2.10. The third-order valence-electron chi connectivity index (χ3n) is 5.05. The van der Waals surface area contributed by atoms with Gasteiger partial charge in [0.05, 0.1) is 6.20 Å². The number of hydrogen-bond donors (Lipinski definition) is 0. The van der Waals surface area contributed by atoms with E-state index in [1.54, 1.807) is 18.2 Å². The number of rotatable bonds is 3. The van der Waals surface area contributed by atoms with Gasteiger partial charge < -0.3 is 13.9 Å². The molecule has 30 heavy (non-hydrogen) atoms. The maximum Gasteiger partial charge on any atom is 0.433 e. The van der Waals surface area contributed by atoms with Crippen LogP contribution in [0, 0.1) is 0 Å². The second-order valence-electron chi connectivity index (χ2n) is 7.11. The fourth-order valence-electron chi connectivity index (χ4n) is 3.40. The summed E-state index contributed by atoms with van der Waals surface area (Å²) in [6.07, 6.45) is -1.68. The highest BCUT2D eigenvalue weighted by Gasteiger charge is 2.38. The topological polar surface area (TPSA) is 87.6 Å². The summed E-state index contributed by atoms with van der Waals surface area (Å²) < 4.78 is 57.8. The third kappa shape index (κ3) is 2.69. The van der Waals surface area contributed by atoms with Gasteiger partial charge in [-0.05, 0) is 37.1 Å². The summed E-state index contributed by atoms with van der Waals surface area (Å²) >= 11 is 0. The Morgan fingerprint density at radius 1 is 1.00 bits per heavy atom. The van der Waals surface area contributed by atoms with Crippen molar-refractivity contribution in [3.05, 3.63) is 41.9 Å². The van der Waals surface area contributed by atoms with Gasteiger partial charge in [0.1, 0.15) is 11.3 Å². The first-order chi connectivity index (χ1) is 14.5. The van der Waals surface area contributed by atoms with E-state index in [9.17, 15) is 13.2 Å². The smallest absolute Gasteiger partial charge is 0.433 e. The van der Waals surface area contributed by atoms with Gasteiger partial charge in [-0.25, -0.2) is 9.50 Å². The van der Waals surface area contributed by atoms with Gasteiger partial charge in [-0.3, -0.25) is 0 Å². The molecular formula is C19H12F3N5O3. The molecule has 2 aliphatic rings. The van der Waals surface area contributed by atoms with Crippen LogP contribution in [0.2, 0.25) is 0 Å². The summed E-state index contributed by atoms with van der Waals surface area (Å²) in [6, 6.07) is 6.20. The monoisotopic (exact) mass is 415 g/mol. The van der Waals surface area contributed by atoms with E-state index in [1.165, 1.54) is 6.20 Å². The van der Waals surface area contributed by atoms with Crippen LogP contribution in [0.3, 0.4) is 0 Å². The Morgan fingerprint density at radius 2 is 1.80 bits per heavy atom. The zero-order valence-electron chi connectivity index (χ0n) is 15.2. The summed E-state index contributed by atoms with van der Waals surface area (Å²) in [5, 5.41) is 11.9. The van der Waals surface area contributed by atoms with Crippen molar-refractivity contribution in [3.8, 4) is 34.4 Å². The number of benzene rings is 1. The molecular weight excluding hydrogens is 403 g/mol. The maximum atomic E-state index is 13.6. The first kappa shape index (κ1) is 17.2. The van der Waals surface area contributed by atoms with E-state index >= 15 is 0 Å². The van der Waals surface area contributed by atoms with Crippen LogP contribution in [0.5, 0.6) is 11.5 Å². The summed E-state index contributed by atoms with van der Waals surface area (Å²) in [6.45, 7) is 0.132. The molecule has 0 saturated heterocycles.